The van der Waals surface area contributed by atoms with E-state index in [1.807, 2.05) is 53.4 Å². The number of amides is 1. The molecule has 1 saturated heterocycles. The summed E-state index contributed by atoms with van der Waals surface area (Å²) in [7, 11) is 0. The van der Waals surface area contributed by atoms with Crippen LogP contribution in [0.4, 0.5) is 5.82 Å². The smallest absolute Gasteiger partial charge is 0.255 e. The Balaban J connectivity index is 1.40. The molecule has 0 aliphatic carbocycles. The highest BCUT2D eigenvalue weighted by Gasteiger charge is 2.24. The summed E-state index contributed by atoms with van der Waals surface area (Å²) >= 11 is 1.71. The van der Waals surface area contributed by atoms with Gasteiger partial charge in [-0.3, -0.25) is 9.78 Å². The van der Waals surface area contributed by atoms with Crippen molar-refractivity contribution in [3.8, 4) is 11.3 Å². The number of benzene rings is 1. The molecule has 4 rings (SSSR count). The molecule has 0 radical (unpaired) electrons. The Hall–Kier alpha value is -2.93. The number of aromatic nitrogens is 3. The number of pyridine rings is 1. The van der Waals surface area contributed by atoms with E-state index >= 15 is 0 Å². The van der Waals surface area contributed by atoms with E-state index in [2.05, 4.69) is 27.0 Å². The van der Waals surface area contributed by atoms with Gasteiger partial charge in [-0.25, -0.2) is 0 Å². The van der Waals surface area contributed by atoms with Crippen molar-refractivity contribution in [2.75, 3.05) is 36.8 Å². The van der Waals surface area contributed by atoms with E-state index in [-0.39, 0.29) is 5.91 Å². The fourth-order valence-electron chi connectivity index (χ4n) is 3.40. The molecule has 0 spiro atoms. The van der Waals surface area contributed by atoms with E-state index in [9.17, 15) is 4.79 Å². The third-order valence-corrected chi connectivity index (χ3v) is 5.87. The molecule has 0 saturated carbocycles. The lowest BCUT2D eigenvalue weighted by Crippen LogP contribution is -2.49. The Labute approximate surface area is 175 Å². The number of carbonyl (C=O) groups is 1. The number of thioether (sulfide) groups is 1. The maximum absolute atomic E-state index is 13.0. The maximum atomic E-state index is 13.0. The Kier molecular flexibility index (Phi) is 6.05. The van der Waals surface area contributed by atoms with E-state index in [0.29, 0.717) is 13.1 Å². The van der Waals surface area contributed by atoms with Crippen molar-refractivity contribution in [1.29, 1.82) is 0 Å². The van der Waals surface area contributed by atoms with Gasteiger partial charge in [0.05, 0.1) is 11.3 Å². The molecule has 1 aliphatic heterocycles. The average Bonchev–Trinajstić information content (AvgIpc) is 2.80. The first-order chi connectivity index (χ1) is 14.3. The molecule has 2 aromatic heterocycles. The normalized spacial score (nSPS) is 14.1. The number of rotatable bonds is 5. The number of carbonyl (C=O) groups excluding carboxylic acids is 1. The molecule has 1 amide bonds. The Morgan fingerprint density at radius 1 is 1.00 bits per heavy atom. The van der Waals surface area contributed by atoms with E-state index in [0.717, 1.165) is 46.4 Å². The van der Waals surface area contributed by atoms with Gasteiger partial charge in [-0.15, -0.1) is 22.0 Å². The first-order valence-electron chi connectivity index (χ1n) is 9.76. The predicted molar refractivity (Wildman–Crippen MR) is 116 cm³/mol. The van der Waals surface area contributed by atoms with Gasteiger partial charge in [0.2, 0.25) is 0 Å². The standard InChI is InChI=1S/C22H23N5OS/c1-2-29-20-8-4-3-7-18(20)22(28)27-14-12-26(13-15-27)21-10-9-19(24-25-21)17-6-5-11-23-16-17/h3-11,16H,2,12-15H2,1H3. The number of hydrogen-bond donors (Lipinski definition) is 0. The molecule has 7 heteroatoms. The zero-order valence-electron chi connectivity index (χ0n) is 16.4. The van der Waals surface area contributed by atoms with Crippen LogP contribution in [0.2, 0.25) is 0 Å². The van der Waals surface area contributed by atoms with Crippen LogP contribution >= 0.6 is 11.8 Å². The van der Waals surface area contributed by atoms with Gasteiger partial charge in [0.1, 0.15) is 0 Å². The molecular weight excluding hydrogens is 382 g/mol. The molecule has 1 aromatic carbocycles. The minimum atomic E-state index is 0.110. The van der Waals surface area contributed by atoms with Crippen LogP contribution in [0, 0.1) is 0 Å². The summed E-state index contributed by atoms with van der Waals surface area (Å²) in [5.74, 6) is 1.90. The van der Waals surface area contributed by atoms with Crippen LogP contribution in [-0.2, 0) is 0 Å². The Morgan fingerprint density at radius 3 is 2.52 bits per heavy atom. The molecule has 0 N–H and O–H groups in total. The van der Waals surface area contributed by atoms with Gasteiger partial charge in [0.25, 0.3) is 5.91 Å². The van der Waals surface area contributed by atoms with Gasteiger partial charge < -0.3 is 9.80 Å². The average molecular weight is 406 g/mol. The highest BCUT2D eigenvalue weighted by Crippen LogP contribution is 2.24. The lowest BCUT2D eigenvalue weighted by molar-refractivity contribution is 0.0743. The van der Waals surface area contributed by atoms with Crippen molar-refractivity contribution in [2.24, 2.45) is 0 Å². The quantitative estimate of drug-likeness (QED) is 0.604. The number of anilines is 1. The van der Waals surface area contributed by atoms with Crippen LogP contribution < -0.4 is 4.90 Å². The van der Waals surface area contributed by atoms with Crippen LogP contribution in [0.5, 0.6) is 0 Å². The summed E-state index contributed by atoms with van der Waals surface area (Å²) in [6, 6.07) is 15.7. The van der Waals surface area contributed by atoms with E-state index in [1.54, 1.807) is 24.2 Å². The van der Waals surface area contributed by atoms with E-state index in [4.69, 9.17) is 0 Å². The van der Waals surface area contributed by atoms with Crippen molar-refractivity contribution < 1.29 is 4.79 Å². The summed E-state index contributed by atoms with van der Waals surface area (Å²) in [4.78, 5) is 22.3. The van der Waals surface area contributed by atoms with E-state index < -0.39 is 0 Å². The molecule has 3 aromatic rings. The van der Waals surface area contributed by atoms with Crippen molar-refractivity contribution >= 4 is 23.5 Å². The van der Waals surface area contributed by atoms with Crippen LogP contribution in [0.1, 0.15) is 17.3 Å². The second-order valence-corrected chi connectivity index (χ2v) is 8.03. The minimum Gasteiger partial charge on any atom is -0.352 e. The fourth-order valence-corrected chi connectivity index (χ4v) is 4.19. The van der Waals surface area contributed by atoms with Gasteiger partial charge in [-0.1, -0.05) is 19.1 Å². The molecular formula is C22H23N5OS. The maximum Gasteiger partial charge on any atom is 0.255 e. The minimum absolute atomic E-state index is 0.110. The summed E-state index contributed by atoms with van der Waals surface area (Å²) in [6.07, 6.45) is 3.52. The van der Waals surface area contributed by atoms with Gasteiger partial charge in [-0.2, -0.15) is 0 Å². The van der Waals surface area contributed by atoms with Crippen molar-refractivity contribution in [1.82, 2.24) is 20.1 Å². The summed E-state index contributed by atoms with van der Waals surface area (Å²) < 4.78 is 0. The van der Waals surface area contributed by atoms with Crippen molar-refractivity contribution in [2.45, 2.75) is 11.8 Å². The van der Waals surface area contributed by atoms with Crippen molar-refractivity contribution in [3.05, 3.63) is 66.5 Å². The highest BCUT2D eigenvalue weighted by atomic mass is 32.2. The molecule has 148 valence electrons. The third-order valence-electron chi connectivity index (χ3n) is 4.92. The highest BCUT2D eigenvalue weighted by molar-refractivity contribution is 7.99. The molecule has 1 fully saturated rings. The lowest BCUT2D eigenvalue weighted by Gasteiger charge is -2.35. The summed E-state index contributed by atoms with van der Waals surface area (Å²) in [6.45, 7) is 4.95. The molecule has 0 unspecified atom stereocenters. The molecule has 1 aliphatic rings. The summed E-state index contributed by atoms with van der Waals surface area (Å²) in [5.41, 5.74) is 2.56. The zero-order valence-corrected chi connectivity index (χ0v) is 17.2. The largest absolute Gasteiger partial charge is 0.352 e. The molecule has 3 heterocycles. The first-order valence-corrected chi connectivity index (χ1v) is 10.7. The lowest BCUT2D eigenvalue weighted by atomic mass is 10.1. The summed E-state index contributed by atoms with van der Waals surface area (Å²) in [5, 5.41) is 8.73. The monoisotopic (exact) mass is 405 g/mol. The van der Waals surface area contributed by atoms with Crippen molar-refractivity contribution in [3.63, 3.8) is 0 Å². The second-order valence-electron chi connectivity index (χ2n) is 6.73. The SMILES string of the molecule is CCSc1ccccc1C(=O)N1CCN(c2ccc(-c3cccnc3)nn2)CC1. The van der Waals surface area contributed by atoms with Gasteiger partial charge in [-0.05, 0) is 42.2 Å². The number of nitrogens with zero attached hydrogens (tertiary/aromatic N) is 5. The topological polar surface area (TPSA) is 62.2 Å². The van der Waals surface area contributed by atoms with Gasteiger partial charge in [0.15, 0.2) is 5.82 Å². The number of piperazine rings is 1. The third kappa shape index (κ3) is 4.40. The van der Waals surface area contributed by atoms with Gasteiger partial charge >= 0.3 is 0 Å². The molecule has 0 bridgehead atoms. The first kappa shape index (κ1) is 19.4. The van der Waals surface area contributed by atoms with Crippen LogP contribution in [0.25, 0.3) is 11.3 Å². The number of hydrogen-bond acceptors (Lipinski definition) is 6. The molecule has 0 atom stereocenters. The Bertz CT molecular complexity index is 956. The second kappa shape index (κ2) is 9.05. The van der Waals surface area contributed by atoms with Crippen LogP contribution in [0.15, 0.2) is 65.8 Å². The van der Waals surface area contributed by atoms with Crippen LogP contribution in [-0.4, -0.2) is 57.9 Å². The van der Waals surface area contributed by atoms with Crippen LogP contribution in [0.3, 0.4) is 0 Å². The predicted octanol–water partition coefficient (Wildman–Crippen LogP) is 3.61. The zero-order chi connectivity index (χ0) is 20.1. The molecule has 6 nitrogen and oxygen atoms in total. The fraction of sp³-hybridized carbons (Fsp3) is 0.273. The van der Waals surface area contributed by atoms with E-state index in [1.165, 1.54) is 0 Å². The van der Waals surface area contributed by atoms with Gasteiger partial charge in [0, 0.05) is 49.0 Å². The molecule has 29 heavy (non-hydrogen) atoms. The Morgan fingerprint density at radius 2 is 1.83 bits per heavy atom.